The number of carbonyl (C=O) groups excluding carboxylic acids is 1. The third-order valence-electron chi connectivity index (χ3n) is 6.55. The molecule has 0 aromatic carbocycles. The first-order valence-corrected chi connectivity index (χ1v) is 11.1. The first-order valence-electron chi connectivity index (χ1n) is 11.1. The van der Waals surface area contributed by atoms with Gasteiger partial charge in [0.25, 0.3) is 0 Å². The van der Waals surface area contributed by atoms with Crippen LogP contribution in [0.5, 0.6) is 0 Å². The van der Waals surface area contributed by atoms with Crippen molar-refractivity contribution >= 4 is 17.4 Å². The Bertz CT molecular complexity index is 892. The van der Waals surface area contributed by atoms with Crippen molar-refractivity contribution in [3.05, 3.63) is 47.9 Å². The summed E-state index contributed by atoms with van der Waals surface area (Å²) in [5.74, 6) is 1.63. The van der Waals surface area contributed by atoms with E-state index >= 15 is 0 Å². The average molecular weight is 409 g/mol. The zero-order valence-electron chi connectivity index (χ0n) is 18.2. The molecule has 0 aliphatic carbocycles. The van der Waals surface area contributed by atoms with Gasteiger partial charge in [-0.15, -0.1) is 0 Å². The van der Waals surface area contributed by atoms with Crippen molar-refractivity contribution in [3.8, 4) is 0 Å². The Kier molecular flexibility index (Phi) is 6.04. The summed E-state index contributed by atoms with van der Waals surface area (Å²) in [6.07, 6.45) is 3.83. The molecule has 2 aliphatic rings. The van der Waals surface area contributed by atoms with Crippen LogP contribution in [0.4, 0.5) is 11.5 Å². The van der Waals surface area contributed by atoms with Crippen LogP contribution >= 0.6 is 0 Å². The van der Waals surface area contributed by atoms with Gasteiger partial charge in [-0.1, -0.05) is 26.8 Å². The van der Waals surface area contributed by atoms with Crippen molar-refractivity contribution in [1.82, 2.24) is 9.97 Å². The Hall–Kier alpha value is -2.47. The van der Waals surface area contributed by atoms with E-state index in [0.717, 1.165) is 48.8 Å². The van der Waals surface area contributed by atoms with Gasteiger partial charge in [0, 0.05) is 55.2 Å². The van der Waals surface area contributed by atoms with Crippen molar-refractivity contribution in [2.24, 2.45) is 5.92 Å². The molecule has 2 unspecified atom stereocenters. The fraction of sp³-hybridized carbons (Fsp3) is 0.542. The third kappa shape index (κ3) is 4.33. The number of carbonyl (C=O) groups is 1. The van der Waals surface area contributed by atoms with E-state index in [1.165, 1.54) is 0 Å². The first-order chi connectivity index (χ1) is 14.4. The molecule has 1 N–H and O–H groups in total. The van der Waals surface area contributed by atoms with Gasteiger partial charge < -0.3 is 10.0 Å². The maximum absolute atomic E-state index is 12.8. The maximum atomic E-state index is 12.8. The molecule has 2 aromatic heterocycles. The minimum Gasteiger partial charge on any atom is -0.393 e. The molecule has 2 fully saturated rings. The van der Waals surface area contributed by atoms with Gasteiger partial charge in [0.1, 0.15) is 5.82 Å². The number of aliphatic hydroxyl groups is 1. The van der Waals surface area contributed by atoms with E-state index in [0.29, 0.717) is 18.9 Å². The summed E-state index contributed by atoms with van der Waals surface area (Å²) in [7, 11) is 0. The second-order valence-electron chi connectivity index (χ2n) is 8.99. The molecule has 2 atom stereocenters. The van der Waals surface area contributed by atoms with E-state index in [-0.39, 0.29) is 23.8 Å². The number of aromatic nitrogens is 2. The lowest BCUT2D eigenvalue weighted by molar-refractivity contribution is -0.117. The molecule has 0 saturated carbocycles. The van der Waals surface area contributed by atoms with Crippen LogP contribution < -0.4 is 9.80 Å². The van der Waals surface area contributed by atoms with Gasteiger partial charge in [-0.2, -0.15) is 0 Å². The van der Waals surface area contributed by atoms with E-state index in [2.05, 4.69) is 36.7 Å². The molecule has 30 heavy (non-hydrogen) atoms. The summed E-state index contributed by atoms with van der Waals surface area (Å²) in [6, 6.07) is 10.1. The number of pyridine rings is 2. The Labute approximate surface area is 179 Å². The lowest BCUT2D eigenvalue weighted by Gasteiger charge is -2.32. The molecular formula is C24H32N4O2. The maximum Gasteiger partial charge on any atom is 0.228 e. The van der Waals surface area contributed by atoms with Crippen LogP contribution in [-0.4, -0.2) is 46.7 Å². The molecule has 4 rings (SSSR count). The van der Waals surface area contributed by atoms with E-state index in [1.54, 1.807) is 0 Å². The van der Waals surface area contributed by atoms with Crippen LogP contribution in [0.2, 0.25) is 0 Å². The molecule has 0 spiro atoms. The monoisotopic (exact) mass is 408 g/mol. The van der Waals surface area contributed by atoms with Crippen LogP contribution in [0.15, 0.2) is 36.5 Å². The molecule has 1 amide bonds. The smallest absolute Gasteiger partial charge is 0.228 e. The summed E-state index contributed by atoms with van der Waals surface area (Å²) in [5.41, 5.74) is 3.20. The lowest BCUT2D eigenvalue weighted by Crippen LogP contribution is -2.35. The second-order valence-corrected chi connectivity index (χ2v) is 8.99. The zero-order valence-corrected chi connectivity index (χ0v) is 18.2. The van der Waals surface area contributed by atoms with E-state index < -0.39 is 0 Å². The van der Waals surface area contributed by atoms with Gasteiger partial charge >= 0.3 is 0 Å². The standard InChI is InChI=1S/C24H32N4O2/c1-16(2)21-5-4-6-23(26-21)28-15-18(13-24(28)30)17(3)22-14-19(7-10-25-22)27-11-8-20(29)9-12-27/h4-7,10,14,16-18,20,29H,8-9,11-13,15H2,1-3H3. The lowest BCUT2D eigenvalue weighted by atomic mass is 9.89. The molecule has 2 aromatic rings. The molecule has 0 radical (unpaired) electrons. The summed E-state index contributed by atoms with van der Waals surface area (Å²) >= 11 is 0. The highest BCUT2D eigenvalue weighted by Crippen LogP contribution is 2.35. The van der Waals surface area contributed by atoms with Crippen LogP contribution in [0.25, 0.3) is 0 Å². The van der Waals surface area contributed by atoms with Gasteiger partial charge in [0.2, 0.25) is 5.91 Å². The Morgan fingerprint density at radius 1 is 1.10 bits per heavy atom. The molecule has 6 heteroatoms. The number of rotatable bonds is 5. The molecule has 160 valence electrons. The number of hydrogen-bond donors (Lipinski definition) is 1. The first kappa shape index (κ1) is 20.8. The molecule has 4 heterocycles. The van der Waals surface area contributed by atoms with Gasteiger partial charge in [-0.05, 0) is 48.9 Å². The van der Waals surface area contributed by atoms with Crippen molar-refractivity contribution in [3.63, 3.8) is 0 Å². The van der Waals surface area contributed by atoms with Crippen molar-refractivity contribution in [1.29, 1.82) is 0 Å². The minimum atomic E-state index is -0.181. The number of hydrogen-bond acceptors (Lipinski definition) is 5. The largest absolute Gasteiger partial charge is 0.393 e. The number of anilines is 2. The Morgan fingerprint density at radius 2 is 1.87 bits per heavy atom. The summed E-state index contributed by atoms with van der Waals surface area (Å²) in [4.78, 5) is 26.3. The van der Waals surface area contributed by atoms with Gasteiger partial charge in [-0.3, -0.25) is 14.7 Å². The van der Waals surface area contributed by atoms with Crippen molar-refractivity contribution in [2.45, 2.75) is 58.0 Å². The Morgan fingerprint density at radius 3 is 2.60 bits per heavy atom. The fourth-order valence-electron chi connectivity index (χ4n) is 4.45. The summed E-state index contributed by atoms with van der Waals surface area (Å²) in [6.45, 7) is 8.82. The molecule has 2 aliphatic heterocycles. The molecule has 2 saturated heterocycles. The average Bonchev–Trinajstić information content (AvgIpc) is 3.15. The van der Waals surface area contributed by atoms with Crippen LogP contribution in [0, 0.1) is 5.92 Å². The van der Waals surface area contributed by atoms with Crippen molar-refractivity contribution in [2.75, 3.05) is 29.4 Å². The van der Waals surface area contributed by atoms with Crippen LogP contribution in [0.3, 0.4) is 0 Å². The fourth-order valence-corrected chi connectivity index (χ4v) is 4.45. The molecule has 6 nitrogen and oxygen atoms in total. The highest BCUT2D eigenvalue weighted by Gasteiger charge is 2.35. The third-order valence-corrected chi connectivity index (χ3v) is 6.55. The van der Waals surface area contributed by atoms with Gasteiger partial charge in [0.15, 0.2) is 0 Å². The number of piperidine rings is 1. The molecular weight excluding hydrogens is 376 g/mol. The normalized spacial score (nSPS) is 21.5. The zero-order chi connectivity index (χ0) is 21.3. The number of amides is 1. The molecule has 0 bridgehead atoms. The van der Waals surface area contributed by atoms with E-state index in [4.69, 9.17) is 4.98 Å². The summed E-state index contributed by atoms with van der Waals surface area (Å²) < 4.78 is 0. The predicted molar refractivity (Wildman–Crippen MR) is 119 cm³/mol. The van der Waals surface area contributed by atoms with Crippen LogP contribution in [0.1, 0.15) is 63.3 Å². The SMILES string of the molecule is CC(C)c1cccc(N2CC(C(C)c3cc(N4CCC(O)CC4)ccn3)CC2=O)n1. The summed E-state index contributed by atoms with van der Waals surface area (Å²) in [5, 5.41) is 9.77. The topological polar surface area (TPSA) is 69.6 Å². The number of aliphatic hydroxyl groups excluding tert-OH is 1. The quantitative estimate of drug-likeness (QED) is 0.817. The minimum absolute atomic E-state index is 0.140. The van der Waals surface area contributed by atoms with Crippen LogP contribution in [-0.2, 0) is 4.79 Å². The predicted octanol–water partition coefficient (Wildman–Crippen LogP) is 3.72. The van der Waals surface area contributed by atoms with Gasteiger partial charge in [0.05, 0.1) is 6.10 Å². The van der Waals surface area contributed by atoms with E-state index in [1.807, 2.05) is 35.4 Å². The van der Waals surface area contributed by atoms with Crippen molar-refractivity contribution < 1.29 is 9.90 Å². The number of nitrogens with zero attached hydrogens (tertiary/aromatic N) is 4. The highest BCUT2D eigenvalue weighted by atomic mass is 16.3. The highest BCUT2D eigenvalue weighted by molar-refractivity contribution is 5.95. The Balaban J connectivity index is 1.48. The van der Waals surface area contributed by atoms with E-state index in [9.17, 15) is 9.90 Å². The second kappa shape index (κ2) is 8.72. The van der Waals surface area contributed by atoms with Gasteiger partial charge in [-0.25, -0.2) is 4.98 Å².